The van der Waals surface area contributed by atoms with Gasteiger partial charge >= 0.3 is 5.97 Å². The lowest BCUT2D eigenvalue weighted by molar-refractivity contribution is 0.0692. The standard InChI is InChI=1S/C16H14N2O3/c1-18-10-17-8-12(18)9-21-15-13-5-3-2-4-11(13)6-7-14(15)16(19)20/h2-8,10H,9H2,1H3,(H,19,20). The SMILES string of the molecule is Cn1cncc1COc1c(C(=O)O)ccc2ccccc12. The van der Waals surface area contributed by atoms with Crippen LogP contribution in [0.4, 0.5) is 0 Å². The Labute approximate surface area is 121 Å². The van der Waals surface area contributed by atoms with E-state index >= 15 is 0 Å². The molecule has 0 aliphatic rings. The van der Waals surface area contributed by atoms with E-state index in [9.17, 15) is 9.90 Å². The van der Waals surface area contributed by atoms with Gasteiger partial charge in [0, 0.05) is 12.4 Å². The van der Waals surface area contributed by atoms with Crippen molar-refractivity contribution in [1.82, 2.24) is 9.55 Å². The predicted octanol–water partition coefficient (Wildman–Crippen LogP) is 2.85. The predicted molar refractivity (Wildman–Crippen MR) is 78.4 cm³/mol. The van der Waals surface area contributed by atoms with Gasteiger partial charge in [-0.3, -0.25) is 0 Å². The molecule has 21 heavy (non-hydrogen) atoms. The zero-order valence-electron chi connectivity index (χ0n) is 11.5. The quantitative estimate of drug-likeness (QED) is 0.799. The number of nitrogens with zero attached hydrogens (tertiary/aromatic N) is 2. The van der Waals surface area contributed by atoms with Crippen molar-refractivity contribution in [2.45, 2.75) is 6.61 Å². The minimum absolute atomic E-state index is 0.163. The molecule has 1 N–H and O–H groups in total. The van der Waals surface area contributed by atoms with Crippen LogP contribution in [0.15, 0.2) is 48.9 Å². The average molecular weight is 282 g/mol. The molecule has 0 aliphatic heterocycles. The molecule has 0 spiro atoms. The topological polar surface area (TPSA) is 64.4 Å². The Morgan fingerprint density at radius 3 is 2.81 bits per heavy atom. The summed E-state index contributed by atoms with van der Waals surface area (Å²) in [6, 6.07) is 10.9. The zero-order chi connectivity index (χ0) is 14.8. The monoisotopic (exact) mass is 282 g/mol. The van der Waals surface area contributed by atoms with Gasteiger partial charge in [0.1, 0.15) is 17.9 Å². The number of aromatic nitrogens is 2. The van der Waals surface area contributed by atoms with Gasteiger partial charge in [-0.1, -0.05) is 30.3 Å². The van der Waals surface area contributed by atoms with Gasteiger partial charge in [-0.05, 0) is 11.5 Å². The largest absolute Gasteiger partial charge is 0.486 e. The molecule has 0 unspecified atom stereocenters. The first kappa shape index (κ1) is 13.2. The molecular weight excluding hydrogens is 268 g/mol. The second-order valence-corrected chi connectivity index (χ2v) is 4.75. The number of rotatable bonds is 4. The highest BCUT2D eigenvalue weighted by atomic mass is 16.5. The van der Waals surface area contributed by atoms with Crippen molar-refractivity contribution in [3.8, 4) is 5.75 Å². The van der Waals surface area contributed by atoms with Crippen LogP contribution < -0.4 is 4.74 Å². The third-order valence-electron chi connectivity index (χ3n) is 3.39. The molecule has 0 aliphatic carbocycles. The molecule has 1 heterocycles. The number of hydrogen-bond donors (Lipinski definition) is 1. The highest BCUT2D eigenvalue weighted by Gasteiger charge is 2.15. The Morgan fingerprint density at radius 1 is 1.29 bits per heavy atom. The van der Waals surface area contributed by atoms with Gasteiger partial charge < -0.3 is 14.4 Å². The summed E-state index contributed by atoms with van der Waals surface area (Å²) < 4.78 is 7.63. The van der Waals surface area contributed by atoms with Gasteiger partial charge in [0.15, 0.2) is 0 Å². The van der Waals surface area contributed by atoms with Crippen LogP contribution in [0.5, 0.6) is 5.75 Å². The summed E-state index contributed by atoms with van der Waals surface area (Å²) in [5, 5.41) is 11.1. The Morgan fingerprint density at radius 2 is 2.10 bits per heavy atom. The van der Waals surface area contributed by atoms with E-state index in [2.05, 4.69) is 4.98 Å². The number of hydrogen-bond acceptors (Lipinski definition) is 3. The van der Waals surface area contributed by atoms with Crippen molar-refractivity contribution < 1.29 is 14.6 Å². The van der Waals surface area contributed by atoms with Crippen LogP contribution in [0.25, 0.3) is 10.8 Å². The third kappa shape index (κ3) is 2.45. The lowest BCUT2D eigenvalue weighted by atomic mass is 10.1. The molecule has 3 aromatic rings. The molecule has 1 aromatic heterocycles. The molecule has 3 rings (SSSR count). The summed E-state index contributed by atoms with van der Waals surface area (Å²) in [6.07, 6.45) is 3.38. The number of aromatic carboxylic acids is 1. The van der Waals surface area contributed by atoms with E-state index in [1.54, 1.807) is 24.7 Å². The molecule has 0 fully saturated rings. The lowest BCUT2D eigenvalue weighted by Crippen LogP contribution is -2.06. The fourth-order valence-electron chi connectivity index (χ4n) is 2.24. The van der Waals surface area contributed by atoms with Crippen molar-refractivity contribution in [3.05, 3.63) is 60.2 Å². The maximum Gasteiger partial charge on any atom is 0.339 e. The van der Waals surface area contributed by atoms with E-state index in [4.69, 9.17) is 4.74 Å². The number of fused-ring (bicyclic) bond motifs is 1. The van der Waals surface area contributed by atoms with Crippen LogP contribution >= 0.6 is 0 Å². The van der Waals surface area contributed by atoms with Gasteiger partial charge in [-0.2, -0.15) is 0 Å². The first-order valence-electron chi connectivity index (χ1n) is 6.50. The molecule has 0 bridgehead atoms. The van der Waals surface area contributed by atoms with Gasteiger partial charge in [0.25, 0.3) is 0 Å². The lowest BCUT2D eigenvalue weighted by Gasteiger charge is -2.12. The zero-order valence-corrected chi connectivity index (χ0v) is 11.5. The molecule has 5 heteroatoms. The number of carboxylic acid groups (broad SMARTS) is 1. The van der Waals surface area contributed by atoms with Crippen molar-refractivity contribution in [2.24, 2.45) is 7.05 Å². The minimum atomic E-state index is -0.999. The summed E-state index contributed by atoms with van der Waals surface area (Å²) >= 11 is 0. The highest BCUT2D eigenvalue weighted by molar-refractivity contribution is 6.00. The van der Waals surface area contributed by atoms with Crippen molar-refractivity contribution in [3.63, 3.8) is 0 Å². The van der Waals surface area contributed by atoms with Gasteiger partial charge in [0.05, 0.1) is 18.2 Å². The summed E-state index contributed by atoms with van der Waals surface area (Å²) in [5.41, 5.74) is 1.04. The van der Waals surface area contributed by atoms with Crippen LogP contribution in [0.3, 0.4) is 0 Å². The van der Waals surface area contributed by atoms with Crippen LogP contribution in [0, 0.1) is 0 Å². The normalized spacial score (nSPS) is 10.7. The number of ether oxygens (including phenoxy) is 1. The van der Waals surface area contributed by atoms with Gasteiger partial charge in [-0.15, -0.1) is 0 Å². The number of carbonyl (C=O) groups is 1. The van der Waals surface area contributed by atoms with Crippen molar-refractivity contribution in [2.75, 3.05) is 0 Å². The Balaban J connectivity index is 2.04. The maximum absolute atomic E-state index is 11.4. The maximum atomic E-state index is 11.4. The first-order chi connectivity index (χ1) is 10.2. The molecule has 0 radical (unpaired) electrons. The van der Waals surface area contributed by atoms with E-state index in [-0.39, 0.29) is 12.2 Å². The number of benzene rings is 2. The third-order valence-corrected chi connectivity index (χ3v) is 3.39. The Bertz CT molecular complexity index is 808. The fraction of sp³-hybridized carbons (Fsp3) is 0.125. The average Bonchev–Trinajstić information content (AvgIpc) is 2.89. The van der Waals surface area contributed by atoms with E-state index in [0.717, 1.165) is 16.5 Å². The van der Waals surface area contributed by atoms with E-state index in [1.807, 2.05) is 35.9 Å². The Kier molecular flexibility index (Phi) is 3.31. The second-order valence-electron chi connectivity index (χ2n) is 4.75. The Hall–Kier alpha value is -2.82. The van der Waals surface area contributed by atoms with Crippen molar-refractivity contribution in [1.29, 1.82) is 0 Å². The van der Waals surface area contributed by atoms with Crippen molar-refractivity contribution >= 4 is 16.7 Å². The summed E-state index contributed by atoms with van der Waals surface area (Å²) in [7, 11) is 1.87. The molecule has 5 nitrogen and oxygen atoms in total. The smallest absolute Gasteiger partial charge is 0.339 e. The number of carboxylic acids is 1. The van der Waals surface area contributed by atoms with Crippen LogP contribution in [0.2, 0.25) is 0 Å². The van der Waals surface area contributed by atoms with E-state index in [1.165, 1.54) is 0 Å². The fourth-order valence-corrected chi connectivity index (χ4v) is 2.24. The highest BCUT2D eigenvalue weighted by Crippen LogP contribution is 2.30. The second kappa shape index (κ2) is 5.28. The molecule has 0 atom stereocenters. The van der Waals surface area contributed by atoms with E-state index < -0.39 is 5.97 Å². The summed E-state index contributed by atoms with van der Waals surface area (Å²) in [6.45, 7) is 0.269. The van der Waals surface area contributed by atoms with E-state index in [0.29, 0.717) is 5.75 Å². The summed E-state index contributed by atoms with van der Waals surface area (Å²) in [4.78, 5) is 15.4. The molecule has 106 valence electrons. The molecule has 2 aromatic carbocycles. The van der Waals surface area contributed by atoms with Gasteiger partial charge in [0.2, 0.25) is 0 Å². The van der Waals surface area contributed by atoms with Crippen LogP contribution in [-0.4, -0.2) is 20.6 Å². The van der Waals surface area contributed by atoms with Gasteiger partial charge in [-0.25, -0.2) is 9.78 Å². The molecule has 0 saturated heterocycles. The molecule has 0 amide bonds. The van der Waals surface area contributed by atoms with Crippen LogP contribution in [0.1, 0.15) is 16.1 Å². The van der Waals surface area contributed by atoms with Crippen LogP contribution in [-0.2, 0) is 13.7 Å². The number of imidazole rings is 1. The first-order valence-corrected chi connectivity index (χ1v) is 6.50. The molecular formula is C16H14N2O3. The molecule has 0 saturated carbocycles. The summed E-state index contributed by atoms with van der Waals surface area (Å²) in [5.74, 6) is -0.609. The minimum Gasteiger partial charge on any atom is -0.486 e. The number of aryl methyl sites for hydroxylation is 1.